The summed E-state index contributed by atoms with van der Waals surface area (Å²) >= 11 is 0. The van der Waals surface area contributed by atoms with Gasteiger partial charge in [0.2, 0.25) is 0 Å². The van der Waals surface area contributed by atoms with E-state index in [0.29, 0.717) is 11.3 Å². The first-order chi connectivity index (χ1) is 12.9. The average Bonchev–Trinajstić information content (AvgIpc) is 3.15. The van der Waals surface area contributed by atoms with Crippen molar-refractivity contribution in [2.24, 2.45) is 0 Å². The predicted molar refractivity (Wildman–Crippen MR) is 90.8 cm³/mol. The van der Waals surface area contributed by atoms with E-state index < -0.39 is 17.6 Å². The van der Waals surface area contributed by atoms with E-state index in [1.54, 1.807) is 24.3 Å². The van der Waals surface area contributed by atoms with Crippen molar-refractivity contribution in [3.63, 3.8) is 0 Å². The first-order valence-corrected chi connectivity index (χ1v) is 7.66. The fraction of sp³-hybridized carbons (Fsp3) is 0.0556. The van der Waals surface area contributed by atoms with Crippen LogP contribution in [-0.2, 0) is 6.18 Å². The molecule has 1 amide bonds. The monoisotopic (exact) mass is 371 g/mol. The van der Waals surface area contributed by atoms with Crippen LogP contribution < -0.4 is 10.9 Å². The van der Waals surface area contributed by atoms with Crippen LogP contribution in [0.2, 0.25) is 0 Å². The molecule has 0 aliphatic carbocycles. The number of amides is 1. The van der Waals surface area contributed by atoms with E-state index in [2.05, 4.69) is 16.0 Å². The predicted octanol–water partition coefficient (Wildman–Crippen LogP) is 3.52. The van der Waals surface area contributed by atoms with E-state index in [1.807, 2.05) is 6.07 Å². The molecule has 136 valence electrons. The van der Waals surface area contributed by atoms with Crippen molar-refractivity contribution in [3.8, 4) is 11.8 Å². The third-order valence-corrected chi connectivity index (χ3v) is 3.63. The third-order valence-electron chi connectivity index (χ3n) is 3.63. The standard InChI is InChI=1S/C18H12F3N5O/c19-18(20,21)13-2-1-3-14(10-13)24-25-17(27)16-8-9-23-26(16)15-6-4-12(11-22)5-7-15/h1-10,24H,(H,25,27). The lowest BCUT2D eigenvalue weighted by atomic mass is 10.2. The smallest absolute Gasteiger partial charge is 0.298 e. The number of hydrogen-bond donors (Lipinski definition) is 2. The van der Waals surface area contributed by atoms with Crippen LogP contribution in [-0.4, -0.2) is 15.7 Å². The van der Waals surface area contributed by atoms with Crippen LogP contribution in [0.15, 0.2) is 60.8 Å². The Morgan fingerprint density at radius 2 is 1.85 bits per heavy atom. The number of nitriles is 1. The second-order valence-corrected chi connectivity index (χ2v) is 5.44. The van der Waals surface area contributed by atoms with Crippen LogP contribution in [0.1, 0.15) is 21.6 Å². The fourth-order valence-corrected chi connectivity index (χ4v) is 2.32. The maximum Gasteiger partial charge on any atom is 0.416 e. The lowest BCUT2D eigenvalue weighted by Gasteiger charge is -2.12. The van der Waals surface area contributed by atoms with Gasteiger partial charge in [-0.05, 0) is 48.5 Å². The van der Waals surface area contributed by atoms with Crippen molar-refractivity contribution in [1.29, 1.82) is 5.26 Å². The highest BCUT2D eigenvalue weighted by atomic mass is 19.4. The largest absolute Gasteiger partial charge is 0.416 e. The maximum absolute atomic E-state index is 12.7. The molecule has 0 fully saturated rings. The molecule has 2 aromatic carbocycles. The Labute approximate surface area is 151 Å². The van der Waals surface area contributed by atoms with Crippen molar-refractivity contribution in [3.05, 3.63) is 77.6 Å². The molecule has 3 rings (SSSR count). The Bertz CT molecular complexity index is 1000. The van der Waals surface area contributed by atoms with Crippen molar-refractivity contribution in [1.82, 2.24) is 15.2 Å². The molecule has 1 heterocycles. The highest BCUT2D eigenvalue weighted by molar-refractivity contribution is 5.93. The van der Waals surface area contributed by atoms with Crippen LogP contribution in [0, 0.1) is 11.3 Å². The Kier molecular flexibility index (Phi) is 4.81. The summed E-state index contributed by atoms with van der Waals surface area (Å²) in [4.78, 5) is 12.4. The number of hydrazine groups is 1. The minimum absolute atomic E-state index is 0.0858. The summed E-state index contributed by atoms with van der Waals surface area (Å²) in [5.74, 6) is -0.589. The lowest BCUT2D eigenvalue weighted by Crippen LogP contribution is -2.31. The Hall–Kier alpha value is -3.80. The Balaban J connectivity index is 1.75. The van der Waals surface area contributed by atoms with Gasteiger partial charge in [-0.3, -0.25) is 15.6 Å². The van der Waals surface area contributed by atoms with Crippen molar-refractivity contribution in [2.45, 2.75) is 6.18 Å². The van der Waals surface area contributed by atoms with Crippen LogP contribution in [0.4, 0.5) is 18.9 Å². The fourth-order valence-electron chi connectivity index (χ4n) is 2.32. The molecule has 0 saturated heterocycles. The van der Waals surface area contributed by atoms with E-state index in [-0.39, 0.29) is 11.4 Å². The number of benzene rings is 2. The summed E-state index contributed by atoms with van der Waals surface area (Å²) < 4.78 is 39.6. The molecule has 9 heteroatoms. The molecule has 27 heavy (non-hydrogen) atoms. The summed E-state index contributed by atoms with van der Waals surface area (Å²) in [5, 5.41) is 12.9. The minimum atomic E-state index is -4.48. The number of hydrogen-bond acceptors (Lipinski definition) is 4. The average molecular weight is 371 g/mol. The van der Waals surface area contributed by atoms with E-state index in [1.165, 1.54) is 29.1 Å². The van der Waals surface area contributed by atoms with Gasteiger partial charge in [-0.2, -0.15) is 23.5 Å². The molecule has 0 unspecified atom stereocenters. The van der Waals surface area contributed by atoms with Crippen LogP contribution in [0.5, 0.6) is 0 Å². The number of anilines is 1. The van der Waals surface area contributed by atoms with Gasteiger partial charge >= 0.3 is 6.18 Å². The number of aromatic nitrogens is 2. The van der Waals surface area contributed by atoms with E-state index in [9.17, 15) is 18.0 Å². The third kappa shape index (κ3) is 4.07. The first kappa shape index (κ1) is 18.0. The van der Waals surface area contributed by atoms with Crippen molar-refractivity contribution >= 4 is 11.6 Å². The molecule has 0 atom stereocenters. The number of alkyl halides is 3. The number of carbonyl (C=O) groups is 1. The van der Waals surface area contributed by atoms with E-state index in [0.717, 1.165) is 12.1 Å². The minimum Gasteiger partial charge on any atom is -0.298 e. The molecule has 0 bridgehead atoms. The van der Waals surface area contributed by atoms with Crippen molar-refractivity contribution in [2.75, 3.05) is 5.43 Å². The number of nitrogens with zero attached hydrogens (tertiary/aromatic N) is 3. The lowest BCUT2D eigenvalue weighted by molar-refractivity contribution is -0.137. The summed E-state index contributed by atoms with van der Waals surface area (Å²) in [7, 11) is 0. The molecular weight excluding hydrogens is 359 g/mol. The first-order valence-electron chi connectivity index (χ1n) is 7.66. The molecule has 0 aliphatic rings. The molecule has 0 saturated carbocycles. The normalized spacial score (nSPS) is 10.9. The highest BCUT2D eigenvalue weighted by Crippen LogP contribution is 2.30. The van der Waals surface area contributed by atoms with Gasteiger partial charge in [0.05, 0.1) is 34.8 Å². The van der Waals surface area contributed by atoms with E-state index in [4.69, 9.17) is 5.26 Å². The van der Waals surface area contributed by atoms with Crippen LogP contribution in [0.3, 0.4) is 0 Å². The summed E-state index contributed by atoms with van der Waals surface area (Å²) in [6.07, 6.45) is -3.06. The number of rotatable bonds is 4. The number of carbonyl (C=O) groups excluding carboxylic acids is 1. The summed E-state index contributed by atoms with van der Waals surface area (Å²) in [6, 6.07) is 14.3. The molecule has 0 aliphatic heterocycles. The molecular formula is C18H12F3N5O. The SMILES string of the molecule is N#Cc1ccc(-n2nccc2C(=O)NNc2cccc(C(F)(F)F)c2)cc1. The highest BCUT2D eigenvalue weighted by Gasteiger charge is 2.30. The van der Waals surface area contributed by atoms with Gasteiger partial charge in [-0.1, -0.05) is 6.07 Å². The van der Waals surface area contributed by atoms with Crippen LogP contribution in [0.25, 0.3) is 5.69 Å². The van der Waals surface area contributed by atoms with Gasteiger partial charge in [0.25, 0.3) is 5.91 Å². The second-order valence-electron chi connectivity index (χ2n) is 5.44. The molecule has 3 aromatic rings. The van der Waals surface area contributed by atoms with E-state index >= 15 is 0 Å². The second kappa shape index (κ2) is 7.21. The number of nitrogens with one attached hydrogen (secondary N) is 2. The molecule has 1 aromatic heterocycles. The van der Waals surface area contributed by atoms with Gasteiger partial charge in [-0.15, -0.1) is 0 Å². The zero-order valence-electron chi connectivity index (χ0n) is 13.7. The molecule has 2 N–H and O–H groups in total. The molecule has 0 radical (unpaired) electrons. The Morgan fingerprint density at radius 1 is 1.11 bits per heavy atom. The topological polar surface area (TPSA) is 82.7 Å². The Morgan fingerprint density at radius 3 is 2.52 bits per heavy atom. The van der Waals surface area contributed by atoms with Gasteiger partial charge in [0.15, 0.2) is 0 Å². The van der Waals surface area contributed by atoms with Gasteiger partial charge in [-0.25, -0.2) is 4.68 Å². The quantitative estimate of drug-likeness (QED) is 0.688. The zero-order chi connectivity index (χ0) is 19.4. The molecule has 6 nitrogen and oxygen atoms in total. The maximum atomic E-state index is 12.7. The summed E-state index contributed by atoms with van der Waals surface area (Å²) in [6.45, 7) is 0. The van der Waals surface area contributed by atoms with Gasteiger partial charge in [0.1, 0.15) is 5.69 Å². The van der Waals surface area contributed by atoms with Gasteiger partial charge in [0, 0.05) is 0 Å². The zero-order valence-corrected chi connectivity index (χ0v) is 13.7. The summed E-state index contributed by atoms with van der Waals surface area (Å²) in [5.41, 5.74) is 5.24. The van der Waals surface area contributed by atoms with Gasteiger partial charge < -0.3 is 0 Å². The van der Waals surface area contributed by atoms with Crippen LogP contribution >= 0.6 is 0 Å². The van der Waals surface area contributed by atoms with Crippen molar-refractivity contribution < 1.29 is 18.0 Å². The molecule has 0 spiro atoms. The number of halogens is 3.